The molecule has 2 N–H and O–H groups in total. The number of hydrogen-bond acceptors (Lipinski definition) is 5. The summed E-state index contributed by atoms with van der Waals surface area (Å²) in [5, 5.41) is 4.13. The van der Waals surface area contributed by atoms with Crippen LogP contribution in [0, 0.1) is 0 Å². The van der Waals surface area contributed by atoms with Crippen LogP contribution >= 0.6 is 0 Å². The molecule has 1 amide bonds. The number of H-pyrrole nitrogens is 1. The number of carbonyl (C=O) groups is 2. The Morgan fingerprint density at radius 3 is 2.28 bits per heavy atom. The number of hydrogen-bond donors (Lipinski definition) is 2. The predicted octanol–water partition coefficient (Wildman–Crippen LogP) is 8.25. The zero-order valence-electron chi connectivity index (χ0n) is 23.8. The summed E-state index contributed by atoms with van der Waals surface area (Å²) in [6.07, 6.45) is -8.09. The molecular weight excluding hydrogens is 616 g/mol. The molecule has 1 heterocycles. The molecule has 0 spiro atoms. The highest BCUT2D eigenvalue weighted by atomic mass is 19.4. The molecular formula is C33H23F6N3O4. The number of benzene rings is 4. The van der Waals surface area contributed by atoms with E-state index in [0.29, 0.717) is 17.2 Å². The number of hydrazone groups is 1. The van der Waals surface area contributed by atoms with E-state index in [1.54, 1.807) is 37.3 Å². The summed E-state index contributed by atoms with van der Waals surface area (Å²) >= 11 is 0. The van der Waals surface area contributed by atoms with Crippen LogP contribution in [-0.4, -0.2) is 29.7 Å². The highest BCUT2D eigenvalue weighted by molar-refractivity contribution is 6.10. The van der Waals surface area contributed by atoms with Crippen LogP contribution in [0.15, 0.2) is 96.1 Å². The number of carbonyl (C=O) groups excluding carboxylic acids is 2. The molecule has 0 unspecified atom stereocenters. The molecule has 7 nitrogen and oxygen atoms in total. The first-order valence-corrected chi connectivity index (χ1v) is 13.6. The van der Waals surface area contributed by atoms with Crippen LogP contribution in [0.25, 0.3) is 22.0 Å². The molecule has 4 aromatic carbocycles. The minimum Gasteiger partial charge on any atom is -0.490 e. The van der Waals surface area contributed by atoms with E-state index in [0.717, 1.165) is 18.2 Å². The van der Waals surface area contributed by atoms with E-state index < -0.39 is 35.4 Å². The zero-order chi connectivity index (χ0) is 33.1. The summed E-state index contributed by atoms with van der Waals surface area (Å²) in [5.41, 5.74) is 0.808. The van der Waals surface area contributed by atoms with E-state index in [1.807, 2.05) is 0 Å². The smallest absolute Gasteiger partial charge is 0.418 e. The first-order chi connectivity index (χ1) is 21.9. The van der Waals surface area contributed by atoms with Gasteiger partial charge in [-0.2, -0.15) is 31.4 Å². The van der Waals surface area contributed by atoms with Crippen molar-refractivity contribution in [3.8, 4) is 22.6 Å². The maximum absolute atomic E-state index is 13.8. The number of nitrogens with one attached hydrogen (secondary N) is 2. The number of aromatic nitrogens is 1. The van der Waals surface area contributed by atoms with Crippen LogP contribution in [0.5, 0.6) is 11.5 Å². The Kier molecular flexibility index (Phi) is 8.85. The van der Waals surface area contributed by atoms with Crippen LogP contribution in [-0.2, 0) is 12.4 Å². The van der Waals surface area contributed by atoms with E-state index >= 15 is 0 Å². The molecule has 0 radical (unpaired) electrons. The standard InChI is InChI=1S/C33H23F6N3O4/c1-2-45-26-16-19(14-15-25(26)46-31(44)21-10-6-11-22(17-21)32(34,35)36)18-40-42-30(43)29-27(20-8-4-3-5-9-20)23-12-7-13-24(28(23)41-29)33(37,38)39/h3-18,41H,2H2,1H3,(H,42,43). The third-order valence-corrected chi connectivity index (χ3v) is 6.70. The van der Waals surface area contributed by atoms with Crippen LogP contribution in [0.1, 0.15) is 44.5 Å². The van der Waals surface area contributed by atoms with Gasteiger partial charge in [0, 0.05) is 10.9 Å². The second-order valence-corrected chi connectivity index (χ2v) is 9.77. The van der Waals surface area contributed by atoms with Gasteiger partial charge in [-0.05, 0) is 60.5 Å². The van der Waals surface area contributed by atoms with Gasteiger partial charge in [0.2, 0.25) is 0 Å². The summed E-state index contributed by atoms with van der Waals surface area (Å²) in [7, 11) is 0. The van der Waals surface area contributed by atoms with Gasteiger partial charge in [-0.1, -0.05) is 48.5 Å². The predicted molar refractivity (Wildman–Crippen MR) is 158 cm³/mol. The maximum Gasteiger partial charge on any atom is 0.418 e. The lowest BCUT2D eigenvalue weighted by molar-refractivity contribution is -0.138. The number of aromatic amines is 1. The molecule has 13 heteroatoms. The minimum absolute atomic E-state index is 0.0692. The molecule has 0 atom stereocenters. The van der Waals surface area contributed by atoms with Crippen molar-refractivity contribution in [3.63, 3.8) is 0 Å². The molecule has 236 valence electrons. The molecule has 46 heavy (non-hydrogen) atoms. The van der Waals surface area contributed by atoms with Crippen molar-refractivity contribution in [2.45, 2.75) is 19.3 Å². The molecule has 0 bridgehead atoms. The number of esters is 1. The lowest BCUT2D eigenvalue weighted by atomic mass is 10.0. The Balaban J connectivity index is 1.39. The number of ether oxygens (including phenoxy) is 2. The first kappa shape index (κ1) is 31.8. The van der Waals surface area contributed by atoms with E-state index in [4.69, 9.17) is 9.47 Å². The summed E-state index contributed by atoms with van der Waals surface area (Å²) in [6, 6.07) is 20.1. The van der Waals surface area contributed by atoms with Crippen molar-refractivity contribution in [2.24, 2.45) is 5.10 Å². The summed E-state index contributed by atoms with van der Waals surface area (Å²) in [5.74, 6) is -1.85. The van der Waals surface area contributed by atoms with Crippen LogP contribution in [0.3, 0.4) is 0 Å². The zero-order valence-corrected chi connectivity index (χ0v) is 23.8. The molecule has 0 fully saturated rings. The fraction of sp³-hybridized carbons (Fsp3) is 0.121. The van der Waals surface area contributed by atoms with Crippen molar-refractivity contribution in [1.82, 2.24) is 10.4 Å². The second-order valence-electron chi connectivity index (χ2n) is 9.77. The molecule has 0 saturated carbocycles. The average molecular weight is 640 g/mol. The lowest BCUT2D eigenvalue weighted by Crippen LogP contribution is -2.19. The maximum atomic E-state index is 13.8. The SMILES string of the molecule is CCOc1cc(C=NNC(=O)c2[nH]c3c(C(F)(F)F)cccc3c2-c2ccccc2)ccc1OC(=O)c1cccc(C(F)(F)F)c1. The van der Waals surface area contributed by atoms with Gasteiger partial charge in [0.25, 0.3) is 5.91 Å². The number of nitrogens with zero attached hydrogens (tertiary/aromatic N) is 1. The van der Waals surface area contributed by atoms with E-state index in [1.165, 1.54) is 42.6 Å². The Hall–Kier alpha value is -5.59. The highest BCUT2D eigenvalue weighted by Crippen LogP contribution is 2.40. The van der Waals surface area contributed by atoms with E-state index in [-0.39, 0.29) is 45.8 Å². The van der Waals surface area contributed by atoms with Gasteiger partial charge in [-0.3, -0.25) is 4.79 Å². The Morgan fingerprint density at radius 1 is 0.848 bits per heavy atom. The van der Waals surface area contributed by atoms with Crippen LogP contribution < -0.4 is 14.9 Å². The Bertz CT molecular complexity index is 1930. The Labute approximate surface area is 257 Å². The third-order valence-electron chi connectivity index (χ3n) is 6.70. The summed E-state index contributed by atoms with van der Waals surface area (Å²) in [4.78, 5) is 28.5. The number of fused-ring (bicyclic) bond motifs is 1. The highest BCUT2D eigenvalue weighted by Gasteiger charge is 2.35. The summed E-state index contributed by atoms with van der Waals surface area (Å²) < 4.78 is 91.3. The number of halogens is 6. The third kappa shape index (κ3) is 6.88. The molecule has 5 rings (SSSR count). The second kappa shape index (κ2) is 12.8. The quantitative estimate of drug-likeness (QED) is 0.0588. The fourth-order valence-corrected chi connectivity index (χ4v) is 4.69. The number of amides is 1. The normalized spacial score (nSPS) is 12.0. The largest absolute Gasteiger partial charge is 0.490 e. The van der Waals surface area contributed by atoms with Gasteiger partial charge in [-0.15, -0.1) is 0 Å². The van der Waals surface area contributed by atoms with Crippen molar-refractivity contribution in [2.75, 3.05) is 6.61 Å². The lowest BCUT2D eigenvalue weighted by Gasteiger charge is -2.12. The van der Waals surface area contributed by atoms with Gasteiger partial charge >= 0.3 is 18.3 Å². The number of alkyl halides is 6. The monoisotopic (exact) mass is 639 g/mol. The number of para-hydroxylation sites is 1. The van der Waals surface area contributed by atoms with Gasteiger partial charge in [0.15, 0.2) is 11.5 Å². The first-order valence-electron chi connectivity index (χ1n) is 13.6. The van der Waals surface area contributed by atoms with Crippen molar-refractivity contribution < 1.29 is 45.4 Å². The molecule has 0 aliphatic carbocycles. The molecule has 0 aliphatic rings. The Morgan fingerprint density at radius 2 is 1.59 bits per heavy atom. The van der Waals surface area contributed by atoms with Gasteiger partial charge in [0.1, 0.15) is 5.69 Å². The van der Waals surface area contributed by atoms with E-state index in [2.05, 4.69) is 15.5 Å². The van der Waals surface area contributed by atoms with Gasteiger partial charge in [0.05, 0.1) is 35.0 Å². The molecule has 1 aromatic heterocycles. The number of rotatable bonds is 8. The van der Waals surface area contributed by atoms with E-state index in [9.17, 15) is 35.9 Å². The fourth-order valence-electron chi connectivity index (χ4n) is 4.69. The molecule has 5 aromatic rings. The van der Waals surface area contributed by atoms with Crippen molar-refractivity contribution >= 4 is 29.0 Å². The average Bonchev–Trinajstić information content (AvgIpc) is 3.42. The van der Waals surface area contributed by atoms with Crippen molar-refractivity contribution in [3.05, 3.63) is 119 Å². The van der Waals surface area contributed by atoms with Crippen LogP contribution in [0.2, 0.25) is 0 Å². The molecule has 0 aliphatic heterocycles. The van der Waals surface area contributed by atoms with Crippen LogP contribution in [0.4, 0.5) is 26.3 Å². The van der Waals surface area contributed by atoms with Crippen molar-refractivity contribution in [1.29, 1.82) is 0 Å². The topological polar surface area (TPSA) is 92.8 Å². The summed E-state index contributed by atoms with van der Waals surface area (Å²) in [6.45, 7) is 1.81. The van der Waals surface area contributed by atoms with Gasteiger partial charge in [-0.25, -0.2) is 10.2 Å². The van der Waals surface area contributed by atoms with Gasteiger partial charge < -0.3 is 14.5 Å². The molecule has 0 saturated heterocycles. The minimum atomic E-state index is -4.67.